The Bertz CT molecular complexity index is 808. The number of aromatic nitrogens is 2. The number of ketones is 1. The third kappa shape index (κ3) is 5.03. The quantitative estimate of drug-likeness (QED) is 0.521. The van der Waals surface area contributed by atoms with Gasteiger partial charge in [-0.1, -0.05) is 31.1 Å². The van der Waals surface area contributed by atoms with E-state index in [0.717, 1.165) is 0 Å². The first-order chi connectivity index (χ1) is 11.9. The van der Waals surface area contributed by atoms with E-state index < -0.39 is 11.4 Å². The number of halogens is 1. The molecule has 26 heavy (non-hydrogen) atoms. The highest BCUT2D eigenvalue weighted by Gasteiger charge is 2.28. The standard InChI is InChI=1S/C18H23BrN2O5/c1-17(2,3)12-9-11(25-21-12)15(23)16-14(19)10(20-26-16)7-8-13(22)24-18(4,5)6/h9H,7-8H2,1-6H3. The molecule has 0 saturated heterocycles. The highest BCUT2D eigenvalue weighted by atomic mass is 79.9. The van der Waals surface area contributed by atoms with Crippen LogP contribution in [0.4, 0.5) is 0 Å². The molecule has 0 aliphatic rings. The van der Waals surface area contributed by atoms with Crippen molar-refractivity contribution < 1.29 is 23.4 Å². The first kappa shape index (κ1) is 20.4. The zero-order valence-electron chi connectivity index (χ0n) is 15.8. The van der Waals surface area contributed by atoms with Crippen molar-refractivity contribution in [3.05, 3.63) is 33.4 Å². The minimum atomic E-state index is -0.545. The van der Waals surface area contributed by atoms with Crippen LogP contribution in [0.1, 0.15) is 75.7 Å². The van der Waals surface area contributed by atoms with Crippen molar-refractivity contribution in [2.75, 3.05) is 0 Å². The summed E-state index contributed by atoms with van der Waals surface area (Å²) >= 11 is 3.32. The Labute approximate surface area is 160 Å². The molecule has 8 heteroatoms. The van der Waals surface area contributed by atoms with Gasteiger partial charge in [0.05, 0.1) is 22.3 Å². The summed E-state index contributed by atoms with van der Waals surface area (Å²) in [5.74, 6) is -0.715. The summed E-state index contributed by atoms with van der Waals surface area (Å²) in [4.78, 5) is 24.4. The van der Waals surface area contributed by atoms with Crippen molar-refractivity contribution in [1.29, 1.82) is 0 Å². The molecule has 0 aliphatic carbocycles. The lowest BCUT2D eigenvalue weighted by Crippen LogP contribution is -2.24. The summed E-state index contributed by atoms with van der Waals surface area (Å²) in [6, 6.07) is 1.59. The fraction of sp³-hybridized carbons (Fsp3) is 0.556. The number of hydrogen-bond donors (Lipinski definition) is 0. The summed E-state index contributed by atoms with van der Waals surface area (Å²) < 4.78 is 16.0. The summed E-state index contributed by atoms with van der Waals surface area (Å²) in [6.45, 7) is 11.3. The van der Waals surface area contributed by atoms with Gasteiger partial charge in [-0.2, -0.15) is 0 Å². The number of nitrogens with zero attached hydrogens (tertiary/aromatic N) is 2. The number of carbonyl (C=O) groups is 2. The van der Waals surface area contributed by atoms with Crippen molar-refractivity contribution in [2.45, 2.75) is 65.4 Å². The van der Waals surface area contributed by atoms with Gasteiger partial charge in [-0.25, -0.2) is 0 Å². The third-order valence-corrected chi connectivity index (χ3v) is 4.21. The van der Waals surface area contributed by atoms with Gasteiger partial charge < -0.3 is 13.8 Å². The smallest absolute Gasteiger partial charge is 0.306 e. The lowest BCUT2D eigenvalue weighted by atomic mass is 9.92. The van der Waals surface area contributed by atoms with E-state index in [9.17, 15) is 9.59 Å². The van der Waals surface area contributed by atoms with E-state index in [-0.39, 0.29) is 35.7 Å². The Morgan fingerprint density at radius 1 is 1.12 bits per heavy atom. The molecule has 2 heterocycles. The van der Waals surface area contributed by atoms with Gasteiger partial charge in [-0.05, 0) is 36.7 Å². The third-order valence-electron chi connectivity index (χ3n) is 3.39. The molecular weight excluding hydrogens is 404 g/mol. The van der Waals surface area contributed by atoms with Crippen LogP contribution in [0.3, 0.4) is 0 Å². The number of aryl methyl sites for hydroxylation is 1. The zero-order valence-corrected chi connectivity index (χ0v) is 17.4. The Hall–Kier alpha value is -1.96. The monoisotopic (exact) mass is 426 g/mol. The Balaban J connectivity index is 2.09. The Kier molecular flexibility index (Phi) is 5.75. The molecule has 0 spiro atoms. The van der Waals surface area contributed by atoms with Gasteiger partial charge in [0.15, 0.2) is 0 Å². The summed E-state index contributed by atoms with van der Waals surface area (Å²) in [5, 5.41) is 7.80. The highest BCUT2D eigenvalue weighted by molar-refractivity contribution is 9.10. The number of ether oxygens (including phenoxy) is 1. The van der Waals surface area contributed by atoms with Gasteiger partial charge in [-0.3, -0.25) is 9.59 Å². The largest absolute Gasteiger partial charge is 0.460 e. The van der Waals surface area contributed by atoms with Crippen LogP contribution in [0.5, 0.6) is 0 Å². The normalized spacial score (nSPS) is 12.3. The summed E-state index contributed by atoms with van der Waals surface area (Å²) in [5.41, 5.74) is 0.353. The number of carbonyl (C=O) groups excluding carboxylic acids is 2. The van der Waals surface area contributed by atoms with Crippen LogP contribution in [-0.4, -0.2) is 27.7 Å². The Morgan fingerprint density at radius 2 is 1.77 bits per heavy atom. The predicted molar refractivity (Wildman–Crippen MR) is 97.0 cm³/mol. The van der Waals surface area contributed by atoms with Crippen LogP contribution in [0, 0.1) is 0 Å². The average molecular weight is 427 g/mol. The first-order valence-corrected chi connectivity index (χ1v) is 9.05. The lowest BCUT2D eigenvalue weighted by molar-refractivity contribution is -0.154. The lowest BCUT2D eigenvalue weighted by Gasteiger charge is -2.19. The Morgan fingerprint density at radius 3 is 2.31 bits per heavy atom. The SMILES string of the molecule is CC(C)(C)OC(=O)CCc1noc(C(=O)c2cc(C(C)(C)C)no2)c1Br. The highest BCUT2D eigenvalue weighted by Crippen LogP contribution is 2.27. The van der Waals surface area contributed by atoms with Crippen LogP contribution >= 0.6 is 15.9 Å². The summed E-state index contributed by atoms with van der Waals surface area (Å²) in [7, 11) is 0. The van der Waals surface area contributed by atoms with Crippen molar-refractivity contribution >= 4 is 27.7 Å². The van der Waals surface area contributed by atoms with Gasteiger partial charge in [-0.15, -0.1) is 0 Å². The van der Waals surface area contributed by atoms with Crippen LogP contribution in [0.2, 0.25) is 0 Å². The maximum atomic E-state index is 12.6. The molecule has 0 unspecified atom stereocenters. The first-order valence-electron chi connectivity index (χ1n) is 8.26. The van der Waals surface area contributed by atoms with Gasteiger partial charge in [0, 0.05) is 17.9 Å². The maximum absolute atomic E-state index is 12.6. The molecular formula is C18H23BrN2O5. The molecule has 0 atom stereocenters. The van der Waals surface area contributed by atoms with Crippen LogP contribution in [0.25, 0.3) is 0 Å². The molecule has 0 radical (unpaired) electrons. The molecule has 0 aliphatic heterocycles. The predicted octanol–water partition coefficient (Wildman–Crippen LogP) is 4.23. The minimum Gasteiger partial charge on any atom is -0.460 e. The van der Waals surface area contributed by atoms with E-state index in [4.69, 9.17) is 13.8 Å². The molecule has 0 N–H and O–H groups in total. The maximum Gasteiger partial charge on any atom is 0.306 e. The fourth-order valence-corrected chi connectivity index (χ4v) is 2.59. The molecule has 0 fully saturated rings. The average Bonchev–Trinajstić information content (AvgIpc) is 3.09. The second-order valence-electron chi connectivity index (χ2n) is 8.01. The molecule has 142 valence electrons. The molecule has 7 nitrogen and oxygen atoms in total. The zero-order chi connectivity index (χ0) is 19.7. The fourth-order valence-electron chi connectivity index (χ4n) is 2.07. The van der Waals surface area contributed by atoms with Gasteiger partial charge in [0.2, 0.25) is 11.5 Å². The van der Waals surface area contributed by atoms with Gasteiger partial charge in [0.25, 0.3) is 5.78 Å². The van der Waals surface area contributed by atoms with Crippen molar-refractivity contribution in [1.82, 2.24) is 10.3 Å². The number of rotatable bonds is 5. The van der Waals surface area contributed by atoms with Crippen molar-refractivity contribution in [3.8, 4) is 0 Å². The molecule has 0 bridgehead atoms. The van der Waals surface area contributed by atoms with E-state index in [1.54, 1.807) is 26.8 Å². The van der Waals surface area contributed by atoms with Gasteiger partial charge >= 0.3 is 5.97 Å². The topological polar surface area (TPSA) is 95.4 Å². The number of esters is 1. The van der Waals surface area contributed by atoms with Crippen molar-refractivity contribution in [3.63, 3.8) is 0 Å². The molecule has 0 aromatic carbocycles. The molecule has 0 amide bonds. The van der Waals surface area contributed by atoms with E-state index >= 15 is 0 Å². The van der Waals surface area contributed by atoms with Crippen molar-refractivity contribution in [2.24, 2.45) is 0 Å². The van der Waals surface area contributed by atoms with E-state index in [0.29, 0.717) is 15.9 Å². The van der Waals surface area contributed by atoms with Crippen LogP contribution in [0.15, 0.2) is 19.6 Å². The molecule has 0 saturated carbocycles. The van der Waals surface area contributed by atoms with Gasteiger partial charge in [0.1, 0.15) is 5.60 Å². The van der Waals surface area contributed by atoms with Crippen LogP contribution in [-0.2, 0) is 21.4 Å². The minimum absolute atomic E-state index is 0.0146. The second kappa shape index (κ2) is 7.34. The van der Waals surface area contributed by atoms with E-state index in [1.807, 2.05) is 20.8 Å². The van der Waals surface area contributed by atoms with E-state index in [1.165, 1.54) is 0 Å². The molecule has 2 aromatic rings. The summed E-state index contributed by atoms with van der Waals surface area (Å²) in [6.07, 6.45) is 0.419. The molecule has 2 aromatic heterocycles. The number of hydrogen-bond acceptors (Lipinski definition) is 7. The van der Waals surface area contributed by atoms with E-state index in [2.05, 4.69) is 26.2 Å². The van der Waals surface area contributed by atoms with Crippen LogP contribution < -0.4 is 0 Å². The second-order valence-corrected chi connectivity index (χ2v) is 8.81. The molecule has 2 rings (SSSR count).